The van der Waals surface area contributed by atoms with Crippen molar-refractivity contribution in [3.05, 3.63) is 92.9 Å². The highest BCUT2D eigenvalue weighted by Crippen LogP contribution is 2.35. The lowest BCUT2D eigenvalue weighted by Gasteiger charge is -2.21. The Kier molecular flexibility index (Phi) is 6.45. The molecule has 0 aliphatic rings. The van der Waals surface area contributed by atoms with Gasteiger partial charge in [-0.15, -0.1) is 0 Å². The van der Waals surface area contributed by atoms with Crippen molar-refractivity contribution in [1.29, 1.82) is 0 Å². The molecule has 0 spiro atoms. The van der Waals surface area contributed by atoms with Crippen molar-refractivity contribution < 1.29 is 27.1 Å². The first-order chi connectivity index (χ1) is 15.1. The number of hydrogen-bond donors (Lipinski definition) is 1. The summed E-state index contributed by atoms with van der Waals surface area (Å²) in [5, 5.41) is 3.88. The zero-order valence-electron chi connectivity index (χ0n) is 17.1. The SMILES string of the molecule is COCC(F)(F)c1cccc(C(C)c2cc(=O)n(-c3ccccc3F)nc2C(N)=O)c1F. The van der Waals surface area contributed by atoms with Gasteiger partial charge in [0.15, 0.2) is 5.69 Å². The van der Waals surface area contributed by atoms with Crippen LogP contribution < -0.4 is 11.3 Å². The van der Waals surface area contributed by atoms with E-state index in [9.17, 15) is 22.8 Å². The molecule has 6 nitrogen and oxygen atoms in total. The first-order valence-corrected chi connectivity index (χ1v) is 9.43. The predicted octanol–water partition coefficient (Wildman–Crippen LogP) is 3.50. The second-order valence-corrected chi connectivity index (χ2v) is 7.08. The summed E-state index contributed by atoms with van der Waals surface area (Å²) in [7, 11) is 1.06. The van der Waals surface area contributed by atoms with E-state index in [-0.39, 0.29) is 16.8 Å². The number of carbonyl (C=O) groups is 1. The maximum Gasteiger partial charge on any atom is 0.298 e. The normalized spacial score (nSPS) is 12.6. The number of aromatic nitrogens is 2. The van der Waals surface area contributed by atoms with E-state index in [1.165, 1.54) is 37.3 Å². The van der Waals surface area contributed by atoms with Gasteiger partial charge < -0.3 is 10.5 Å². The molecule has 3 rings (SSSR count). The molecule has 1 unspecified atom stereocenters. The molecule has 0 saturated carbocycles. The van der Waals surface area contributed by atoms with E-state index in [1.807, 2.05) is 0 Å². The third kappa shape index (κ3) is 4.26. The minimum absolute atomic E-state index is 0.0822. The van der Waals surface area contributed by atoms with Gasteiger partial charge in [-0.3, -0.25) is 9.59 Å². The van der Waals surface area contributed by atoms with Gasteiger partial charge in [-0.2, -0.15) is 18.6 Å². The number of benzene rings is 2. The van der Waals surface area contributed by atoms with Crippen molar-refractivity contribution in [2.75, 3.05) is 13.7 Å². The fourth-order valence-corrected chi connectivity index (χ4v) is 3.38. The van der Waals surface area contributed by atoms with Crippen molar-refractivity contribution >= 4 is 5.91 Å². The average Bonchev–Trinajstić information content (AvgIpc) is 2.73. The van der Waals surface area contributed by atoms with Crippen LogP contribution in [-0.2, 0) is 10.7 Å². The number of carbonyl (C=O) groups excluding carboxylic acids is 1. The van der Waals surface area contributed by atoms with Gasteiger partial charge in [-0.05, 0) is 29.3 Å². The highest BCUT2D eigenvalue weighted by Gasteiger charge is 2.36. The quantitative estimate of drug-likeness (QED) is 0.560. The number of rotatable bonds is 7. The summed E-state index contributed by atoms with van der Waals surface area (Å²) in [5.74, 6) is -7.69. The Morgan fingerprint density at radius 2 is 1.84 bits per heavy atom. The molecule has 0 bridgehead atoms. The summed E-state index contributed by atoms with van der Waals surface area (Å²) in [5.41, 5.74) is 2.77. The van der Waals surface area contributed by atoms with Crippen molar-refractivity contribution in [3.8, 4) is 5.69 Å². The number of hydrogen-bond acceptors (Lipinski definition) is 4. The number of amides is 1. The molecule has 1 aromatic heterocycles. The maximum absolute atomic E-state index is 15.1. The molecule has 0 fully saturated rings. The van der Waals surface area contributed by atoms with E-state index in [2.05, 4.69) is 9.84 Å². The van der Waals surface area contributed by atoms with Crippen LogP contribution in [0, 0.1) is 11.6 Å². The van der Waals surface area contributed by atoms with Crippen molar-refractivity contribution in [2.24, 2.45) is 5.73 Å². The summed E-state index contributed by atoms with van der Waals surface area (Å²) < 4.78 is 62.9. The molecule has 1 atom stereocenters. The third-order valence-electron chi connectivity index (χ3n) is 4.96. The number of halogens is 4. The summed E-state index contributed by atoms with van der Waals surface area (Å²) in [6.45, 7) is 0.377. The molecule has 2 aromatic carbocycles. The number of nitrogens with two attached hydrogens (primary N) is 1. The molecule has 1 amide bonds. The largest absolute Gasteiger partial charge is 0.378 e. The average molecular weight is 449 g/mol. The molecule has 0 aliphatic carbocycles. The smallest absolute Gasteiger partial charge is 0.298 e. The Hall–Kier alpha value is -3.53. The fraction of sp³-hybridized carbons (Fsp3) is 0.227. The van der Waals surface area contributed by atoms with Crippen LogP contribution in [0.25, 0.3) is 5.69 Å². The molecule has 32 heavy (non-hydrogen) atoms. The van der Waals surface area contributed by atoms with Crippen LogP contribution in [0.3, 0.4) is 0 Å². The van der Waals surface area contributed by atoms with Gasteiger partial charge in [-0.1, -0.05) is 31.2 Å². The lowest BCUT2D eigenvalue weighted by atomic mass is 9.89. The van der Waals surface area contributed by atoms with Crippen molar-refractivity contribution in [1.82, 2.24) is 9.78 Å². The van der Waals surface area contributed by atoms with E-state index in [4.69, 9.17) is 5.73 Å². The van der Waals surface area contributed by atoms with Gasteiger partial charge in [0.2, 0.25) is 0 Å². The highest BCUT2D eigenvalue weighted by atomic mass is 19.3. The van der Waals surface area contributed by atoms with Crippen LogP contribution >= 0.6 is 0 Å². The van der Waals surface area contributed by atoms with Gasteiger partial charge >= 0.3 is 0 Å². The van der Waals surface area contributed by atoms with Crippen LogP contribution in [-0.4, -0.2) is 29.4 Å². The lowest BCUT2D eigenvalue weighted by Crippen LogP contribution is -2.29. The standard InChI is InChI=1S/C22H19F4N3O3/c1-12(13-6-5-7-15(19(13)24)22(25,26)11-32-2)14-10-18(30)29(28-20(14)21(27)31)17-9-4-3-8-16(17)23/h3-10,12H,11H2,1-2H3,(H2,27,31). The van der Waals surface area contributed by atoms with E-state index >= 15 is 4.39 Å². The number of methoxy groups -OCH3 is 1. The molecule has 0 saturated heterocycles. The Bertz CT molecular complexity index is 1230. The van der Waals surface area contributed by atoms with Crippen LogP contribution in [0.5, 0.6) is 0 Å². The molecule has 3 aromatic rings. The minimum atomic E-state index is -3.60. The van der Waals surface area contributed by atoms with Gasteiger partial charge in [0, 0.05) is 19.1 Å². The molecular formula is C22H19F4N3O3. The zero-order valence-corrected chi connectivity index (χ0v) is 17.1. The Balaban J connectivity index is 2.17. The topological polar surface area (TPSA) is 87.2 Å². The molecule has 10 heteroatoms. The van der Waals surface area contributed by atoms with Gasteiger partial charge in [-0.25, -0.2) is 8.78 Å². The molecule has 168 valence electrons. The summed E-state index contributed by atoms with van der Waals surface area (Å²) in [4.78, 5) is 24.7. The summed E-state index contributed by atoms with van der Waals surface area (Å²) >= 11 is 0. The maximum atomic E-state index is 15.1. The van der Waals surface area contributed by atoms with Gasteiger partial charge in [0.25, 0.3) is 17.4 Å². The summed E-state index contributed by atoms with van der Waals surface area (Å²) in [6.07, 6.45) is 0. The first-order valence-electron chi connectivity index (χ1n) is 9.43. The minimum Gasteiger partial charge on any atom is -0.378 e. The molecule has 0 aliphatic heterocycles. The number of primary amides is 1. The Labute approximate surface area is 180 Å². The van der Waals surface area contributed by atoms with Crippen LogP contribution in [0.1, 0.15) is 40.0 Å². The Morgan fingerprint density at radius 3 is 2.47 bits per heavy atom. The number of alkyl halides is 2. The molecule has 0 radical (unpaired) electrons. The molecule has 2 N–H and O–H groups in total. The second-order valence-electron chi connectivity index (χ2n) is 7.08. The van der Waals surface area contributed by atoms with Crippen LogP contribution in [0.2, 0.25) is 0 Å². The second kappa shape index (κ2) is 8.91. The lowest BCUT2D eigenvalue weighted by molar-refractivity contribution is -0.0722. The Morgan fingerprint density at radius 1 is 1.16 bits per heavy atom. The number of para-hydroxylation sites is 1. The van der Waals surface area contributed by atoms with Crippen LogP contribution in [0.15, 0.2) is 53.3 Å². The van der Waals surface area contributed by atoms with Crippen LogP contribution in [0.4, 0.5) is 17.6 Å². The predicted molar refractivity (Wildman–Crippen MR) is 108 cm³/mol. The number of nitrogens with zero attached hydrogens (tertiary/aromatic N) is 2. The third-order valence-corrected chi connectivity index (χ3v) is 4.96. The highest BCUT2D eigenvalue weighted by molar-refractivity contribution is 5.92. The number of ether oxygens (including phenoxy) is 1. The van der Waals surface area contributed by atoms with Crippen molar-refractivity contribution in [2.45, 2.75) is 18.8 Å². The van der Waals surface area contributed by atoms with E-state index in [0.29, 0.717) is 4.68 Å². The molecular weight excluding hydrogens is 430 g/mol. The first kappa shape index (κ1) is 23.1. The fourth-order valence-electron chi connectivity index (χ4n) is 3.38. The van der Waals surface area contributed by atoms with Gasteiger partial charge in [0.05, 0.1) is 5.56 Å². The summed E-state index contributed by atoms with van der Waals surface area (Å²) in [6, 6.07) is 9.62. The zero-order chi connectivity index (χ0) is 23.6. The van der Waals surface area contributed by atoms with Gasteiger partial charge in [0.1, 0.15) is 23.9 Å². The van der Waals surface area contributed by atoms with E-state index in [0.717, 1.165) is 25.3 Å². The van der Waals surface area contributed by atoms with E-state index < -0.39 is 52.8 Å². The monoisotopic (exact) mass is 449 g/mol. The van der Waals surface area contributed by atoms with E-state index in [1.54, 1.807) is 0 Å². The van der Waals surface area contributed by atoms with Crippen molar-refractivity contribution in [3.63, 3.8) is 0 Å². The molecule has 1 heterocycles.